The minimum Gasteiger partial charge on any atom is -0.340 e. The number of benzene rings is 1. The van der Waals surface area contributed by atoms with E-state index in [0.29, 0.717) is 13.1 Å². The number of aryl methyl sites for hydroxylation is 2. The number of piperazine rings is 1. The first kappa shape index (κ1) is 17.5. The number of carbonyl (C=O) groups excluding carboxylic acids is 2. The summed E-state index contributed by atoms with van der Waals surface area (Å²) in [5.74, 6) is -0.304. The molecule has 0 radical (unpaired) electrons. The summed E-state index contributed by atoms with van der Waals surface area (Å²) >= 11 is 0. The van der Waals surface area contributed by atoms with Crippen LogP contribution in [0.3, 0.4) is 0 Å². The molecule has 0 unspecified atom stereocenters. The maximum Gasteiger partial charge on any atom is 0.233 e. The fourth-order valence-electron chi connectivity index (χ4n) is 2.95. The van der Waals surface area contributed by atoms with Gasteiger partial charge in [0.1, 0.15) is 6.42 Å². The van der Waals surface area contributed by atoms with Gasteiger partial charge in [-0.15, -0.1) is 0 Å². The van der Waals surface area contributed by atoms with E-state index >= 15 is 0 Å². The third kappa shape index (κ3) is 4.55. The average Bonchev–Trinajstić information content (AvgIpc) is 2.56. The fourth-order valence-corrected chi connectivity index (χ4v) is 2.95. The van der Waals surface area contributed by atoms with Crippen molar-refractivity contribution in [1.29, 1.82) is 0 Å². The molecule has 0 saturated carbocycles. The number of hydrogen-bond acceptors (Lipinski definition) is 3. The largest absolute Gasteiger partial charge is 0.340 e. The van der Waals surface area contributed by atoms with Crippen molar-refractivity contribution in [3.05, 3.63) is 29.3 Å². The summed E-state index contributed by atoms with van der Waals surface area (Å²) in [5, 5.41) is 2.92. The zero-order valence-corrected chi connectivity index (χ0v) is 14.4. The Kier molecular flexibility index (Phi) is 6.16. The van der Waals surface area contributed by atoms with Crippen LogP contribution in [0.25, 0.3) is 0 Å². The molecule has 0 spiro atoms. The number of nitrogens with one attached hydrogen (secondary N) is 1. The van der Waals surface area contributed by atoms with Gasteiger partial charge in [0.05, 0.1) is 0 Å². The lowest BCUT2D eigenvalue weighted by Crippen LogP contribution is -2.49. The molecule has 1 N–H and O–H groups in total. The highest BCUT2D eigenvalue weighted by Crippen LogP contribution is 2.21. The van der Waals surface area contributed by atoms with Crippen molar-refractivity contribution in [2.45, 2.75) is 33.6 Å². The highest BCUT2D eigenvalue weighted by atomic mass is 16.2. The van der Waals surface area contributed by atoms with Crippen molar-refractivity contribution < 1.29 is 9.59 Å². The van der Waals surface area contributed by atoms with Crippen LogP contribution in [0, 0.1) is 6.92 Å². The lowest BCUT2D eigenvalue weighted by molar-refractivity contribution is -0.136. The second kappa shape index (κ2) is 8.11. The molecule has 1 aliphatic rings. The topological polar surface area (TPSA) is 52.7 Å². The normalized spacial score (nSPS) is 15.5. The van der Waals surface area contributed by atoms with Crippen LogP contribution in [-0.2, 0) is 16.0 Å². The Labute approximate surface area is 138 Å². The molecule has 1 aromatic rings. The zero-order chi connectivity index (χ0) is 16.8. The number of hydrogen-bond donors (Lipinski definition) is 1. The van der Waals surface area contributed by atoms with E-state index in [1.165, 1.54) is 0 Å². The van der Waals surface area contributed by atoms with E-state index in [-0.39, 0.29) is 18.2 Å². The predicted octanol–water partition coefficient (Wildman–Crippen LogP) is 2.05. The summed E-state index contributed by atoms with van der Waals surface area (Å²) in [6.07, 6.45) is 0.772. The zero-order valence-electron chi connectivity index (χ0n) is 14.4. The Bertz CT molecular complexity index is 563. The van der Waals surface area contributed by atoms with Crippen LogP contribution in [0.15, 0.2) is 18.2 Å². The lowest BCUT2D eigenvalue weighted by atomic mass is 10.1. The molecule has 1 aromatic carbocycles. The number of rotatable bonds is 5. The van der Waals surface area contributed by atoms with Gasteiger partial charge in [-0.05, 0) is 31.0 Å². The number of carbonyl (C=O) groups is 2. The number of likely N-dealkylation sites (N-methyl/N-ethyl adjacent to an activating group) is 1. The van der Waals surface area contributed by atoms with E-state index < -0.39 is 0 Å². The number of nitrogens with zero attached hydrogens (tertiary/aromatic N) is 2. The second-order valence-corrected chi connectivity index (χ2v) is 6.00. The molecule has 0 bridgehead atoms. The van der Waals surface area contributed by atoms with Gasteiger partial charge in [-0.1, -0.05) is 32.0 Å². The van der Waals surface area contributed by atoms with Gasteiger partial charge < -0.3 is 15.1 Å². The molecule has 2 amide bonds. The minimum atomic E-state index is -0.225. The minimum absolute atomic E-state index is 0.0788. The van der Waals surface area contributed by atoms with E-state index in [2.05, 4.69) is 24.1 Å². The van der Waals surface area contributed by atoms with Crippen LogP contribution in [-0.4, -0.2) is 54.3 Å². The van der Waals surface area contributed by atoms with Crippen LogP contribution < -0.4 is 5.32 Å². The quantitative estimate of drug-likeness (QED) is 0.846. The Balaban J connectivity index is 1.91. The first-order valence-corrected chi connectivity index (χ1v) is 8.43. The molecule has 23 heavy (non-hydrogen) atoms. The molecule has 1 aliphatic heterocycles. The predicted molar refractivity (Wildman–Crippen MR) is 92.5 cm³/mol. The molecule has 2 rings (SSSR count). The van der Waals surface area contributed by atoms with Crippen LogP contribution in [0.2, 0.25) is 0 Å². The summed E-state index contributed by atoms with van der Waals surface area (Å²) in [4.78, 5) is 28.6. The van der Waals surface area contributed by atoms with E-state index in [1.807, 2.05) is 25.1 Å². The standard InChI is InChI=1S/C18H27N3O2/c1-4-15-8-6-7-14(3)18(15)19-16(22)13-17(23)21-11-9-20(5-2)10-12-21/h6-8H,4-5,9-13H2,1-3H3,(H,19,22). The highest BCUT2D eigenvalue weighted by Gasteiger charge is 2.22. The number of anilines is 1. The number of para-hydroxylation sites is 1. The smallest absolute Gasteiger partial charge is 0.233 e. The van der Waals surface area contributed by atoms with Gasteiger partial charge >= 0.3 is 0 Å². The van der Waals surface area contributed by atoms with Crippen LogP contribution in [0.1, 0.15) is 31.4 Å². The molecule has 1 saturated heterocycles. The van der Waals surface area contributed by atoms with Crippen molar-refractivity contribution in [2.75, 3.05) is 38.0 Å². The Morgan fingerprint density at radius 3 is 2.43 bits per heavy atom. The molecular formula is C18H27N3O2. The van der Waals surface area contributed by atoms with Gasteiger partial charge in [0.25, 0.3) is 0 Å². The van der Waals surface area contributed by atoms with Gasteiger partial charge in [-0.25, -0.2) is 0 Å². The molecule has 126 valence electrons. The molecule has 5 nitrogen and oxygen atoms in total. The number of amides is 2. The maximum atomic E-state index is 12.3. The Morgan fingerprint density at radius 1 is 1.13 bits per heavy atom. The van der Waals surface area contributed by atoms with Gasteiger partial charge in [-0.2, -0.15) is 0 Å². The fraction of sp³-hybridized carbons (Fsp3) is 0.556. The summed E-state index contributed by atoms with van der Waals surface area (Å²) in [6, 6.07) is 5.97. The van der Waals surface area contributed by atoms with Gasteiger partial charge in [-0.3, -0.25) is 9.59 Å². The van der Waals surface area contributed by atoms with Crippen molar-refractivity contribution in [2.24, 2.45) is 0 Å². The first-order valence-electron chi connectivity index (χ1n) is 8.43. The van der Waals surface area contributed by atoms with E-state index in [4.69, 9.17) is 0 Å². The van der Waals surface area contributed by atoms with Crippen molar-refractivity contribution in [1.82, 2.24) is 9.80 Å². The molecule has 1 heterocycles. The highest BCUT2D eigenvalue weighted by molar-refractivity contribution is 6.04. The summed E-state index contributed by atoms with van der Waals surface area (Å²) in [7, 11) is 0. The van der Waals surface area contributed by atoms with Crippen molar-refractivity contribution in [3.8, 4) is 0 Å². The maximum absolute atomic E-state index is 12.3. The Hall–Kier alpha value is -1.88. The third-order valence-corrected chi connectivity index (χ3v) is 4.49. The molecule has 5 heteroatoms. The summed E-state index contributed by atoms with van der Waals surface area (Å²) < 4.78 is 0. The Morgan fingerprint density at radius 2 is 1.83 bits per heavy atom. The molecule has 1 fully saturated rings. The van der Waals surface area contributed by atoms with Crippen LogP contribution in [0.4, 0.5) is 5.69 Å². The average molecular weight is 317 g/mol. The molecule has 0 aromatic heterocycles. The molecule has 0 atom stereocenters. The lowest BCUT2D eigenvalue weighted by Gasteiger charge is -2.34. The first-order chi connectivity index (χ1) is 11.0. The third-order valence-electron chi connectivity index (χ3n) is 4.49. The molecule has 0 aliphatic carbocycles. The van der Waals surface area contributed by atoms with Gasteiger partial charge in [0, 0.05) is 31.9 Å². The van der Waals surface area contributed by atoms with Crippen LogP contribution in [0.5, 0.6) is 0 Å². The van der Waals surface area contributed by atoms with Gasteiger partial charge in [0.2, 0.25) is 11.8 Å². The van der Waals surface area contributed by atoms with E-state index in [0.717, 1.165) is 42.9 Å². The monoisotopic (exact) mass is 317 g/mol. The van der Waals surface area contributed by atoms with E-state index in [1.54, 1.807) is 4.90 Å². The second-order valence-electron chi connectivity index (χ2n) is 6.00. The van der Waals surface area contributed by atoms with Gasteiger partial charge in [0.15, 0.2) is 0 Å². The van der Waals surface area contributed by atoms with E-state index in [9.17, 15) is 9.59 Å². The molecular weight excluding hydrogens is 290 g/mol. The SMILES string of the molecule is CCc1cccc(C)c1NC(=O)CC(=O)N1CCN(CC)CC1. The van der Waals surface area contributed by atoms with Crippen molar-refractivity contribution in [3.63, 3.8) is 0 Å². The van der Waals surface area contributed by atoms with Crippen LogP contribution >= 0.6 is 0 Å². The summed E-state index contributed by atoms with van der Waals surface area (Å²) in [6.45, 7) is 10.4. The van der Waals surface area contributed by atoms with Crippen molar-refractivity contribution >= 4 is 17.5 Å². The summed E-state index contributed by atoms with van der Waals surface area (Å²) in [5.41, 5.74) is 2.98.